The maximum Gasteiger partial charge on any atom is 0.274 e. The zero-order valence-electron chi connectivity index (χ0n) is 17.7. The first-order valence-corrected chi connectivity index (χ1v) is 10.2. The third-order valence-corrected chi connectivity index (χ3v) is 5.34. The Labute approximate surface area is 172 Å². The molecule has 1 N–H and O–H groups in total. The summed E-state index contributed by atoms with van der Waals surface area (Å²) in [6.07, 6.45) is 1.69. The Morgan fingerprint density at radius 1 is 1.03 bits per heavy atom. The van der Waals surface area contributed by atoms with Crippen LogP contribution in [-0.4, -0.2) is 52.9 Å². The maximum absolute atomic E-state index is 13.0. The van der Waals surface area contributed by atoms with Crippen molar-refractivity contribution in [3.8, 4) is 0 Å². The highest BCUT2D eigenvalue weighted by atomic mass is 16.2. The van der Waals surface area contributed by atoms with E-state index in [4.69, 9.17) is 0 Å². The van der Waals surface area contributed by atoms with Gasteiger partial charge in [0.1, 0.15) is 17.3 Å². The van der Waals surface area contributed by atoms with Crippen LogP contribution in [0.15, 0.2) is 24.3 Å². The summed E-state index contributed by atoms with van der Waals surface area (Å²) >= 11 is 0. The van der Waals surface area contributed by atoms with E-state index in [1.54, 1.807) is 19.9 Å². The Hall–Kier alpha value is -2.96. The fourth-order valence-electron chi connectivity index (χ4n) is 3.66. The summed E-state index contributed by atoms with van der Waals surface area (Å²) in [5, 5.41) is 3.08. The second-order valence-corrected chi connectivity index (χ2v) is 7.26. The van der Waals surface area contributed by atoms with Gasteiger partial charge in [0, 0.05) is 44.9 Å². The number of aromatic nitrogens is 2. The van der Waals surface area contributed by atoms with Gasteiger partial charge >= 0.3 is 0 Å². The molecule has 0 atom stereocenters. The SMILES string of the molecule is CCc1cccc(CC)c1NC(=O)c1cc(N2CCN(C(C)=O)CC2)nc(C)n1. The fourth-order valence-corrected chi connectivity index (χ4v) is 3.66. The number of benzene rings is 1. The highest BCUT2D eigenvalue weighted by molar-refractivity contribution is 6.04. The van der Waals surface area contributed by atoms with E-state index in [1.807, 2.05) is 23.1 Å². The van der Waals surface area contributed by atoms with E-state index in [0.29, 0.717) is 37.7 Å². The molecule has 0 radical (unpaired) electrons. The lowest BCUT2D eigenvalue weighted by Gasteiger charge is -2.35. The molecule has 1 aromatic carbocycles. The third-order valence-electron chi connectivity index (χ3n) is 5.34. The van der Waals surface area contributed by atoms with Crippen LogP contribution in [0.1, 0.15) is 48.2 Å². The standard InChI is InChI=1S/C22H29N5O2/c1-5-17-8-7-9-18(6-2)21(17)25-22(29)19-14-20(24-15(3)23-19)27-12-10-26(11-13-27)16(4)28/h7-9,14H,5-6,10-13H2,1-4H3,(H,25,29). The molecule has 7 nitrogen and oxygen atoms in total. The van der Waals surface area contributed by atoms with Crippen LogP contribution in [0.25, 0.3) is 0 Å². The molecule has 1 saturated heterocycles. The Morgan fingerprint density at radius 2 is 1.66 bits per heavy atom. The van der Waals surface area contributed by atoms with Gasteiger partial charge in [-0.05, 0) is 30.9 Å². The average Bonchev–Trinajstić information content (AvgIpc) is 2.73. The molecule has 0 unspecified atom stereocenters. The van der Waals surface area contributed by atoms with Gasteiger partial charge < -0.3 is 15.1 Å². The minimum atomic E-state index is -0.227. The molecule has 154 valence electrons. The summed E-state index contributed by atoms with van der Waals surface area (Å²) in [6.45, 7) is 10.2. The Kier molecular flexibility index (Phi) is 6.46. The summed E-state index contributed by atoms with van der Waals surface area (Å²) in [5.74, 6) is 1.14. The van der Waals surface area contributed by atoms with Crippen molar-refractivity contribution in [3.63, 3.8) is 0 Å². The van der Waals surface area contributed by atoms with Gasteiger partial charge in [-0.3, -0.25) is 9.59 Å². The predicted molar refractivity (Wildman–Crippen MR) is 114 cm³/mol. The van der Waals surface area contributed by atoms with E-state index in [0.717, 1.165) is 35.5 Å². The van der Waals surface area contributed by atoms with Crippen LogP contribution in [0.4, 0.5) is 11.5 Å². The van der Waals surface area contributed by atoms with Gasteiger partial charge in [-0.1, -0.05) is 32.0 Å². The zero-order chi connectivity index (χ0) is 21.0. The zero-order valence-corrected chi connectivity index (χ0v) is 17.7. The Balaban J connectivity index is 1.82. The van der Waals surface area contributed by atoms with Crippen LogP contribution < -0.4 is 10.2 Å². The van der Waals surface area contributed by atoms with Crippen molar-refractivity contribution in [2.45, 2.75) is 40.5 Å². The van der Waals surface area contributed by atoms with Gasteiger partial charge in [0.25, 0.3) is 5.91 Å². The first kappa shape index (κ1) is 20.8. The number of aryl methyl sites for hydroxylation is 3. The van der Waals surface area contributed by atoms with Crippen molar-refractivity contribution in [1.82, 2.24) is 14.9 Å². The van der Waals surface area contributed by atoms with Crippen molar-refractivity contribution >= 4 is 23.3 Å². The lowest BCUT2D eigenvalue weighted by Crippen LogP contribution is -2.48. The van der Waals surface area contributed by atoms with Crippen LogP contribution in [0, 0.1) is 6.92 Å². The number of anilines is 2. The quantitative estimate of drug-likeness (QED) is 0.842. The number of carbonyl (C=O) groups excluding carboxylic acids is 2. The summed E-state index contributed by atoms with van der Waals surface area (Å²) in [5.41, 5.74) is 3.47. The Bertz CT molecular complexity index is 882. The highest BCUT2D eigenvalue weighted by Crippen LogP contribution is 2.24. The molecular formula is C22H29N5O2. The lowest BCUT2D eigenvalue weighted by atomic mass is 10.0. The third kappa shape index (κ3) is 4.72. The molecule has 1 aliphatic heterocycles. The van der Waals surface area contributed by atoms with Gasteiger partial charge in [-0.25, -0.2) is 9.97 Å². The molecule has 0 saturated carbocycles. The van der Waals surface area contributed by atoms with Crippen LogP contribution >= 0.6 is 0 Å². The van der Waals surface area contributed by atoms with Gasteiger partial charge in [0.2, 0.25) is 5.91 Å². The number of nitrogens with one attached hydrogen (secondary N) is 1. The van der Waals surface area contributed by atoms with Crippen LogP contribution in [-0.2, 0) is 17.6 Å². The van der Waals surface area contributed by atoms with Gasteiger partial charge in [-0.2, -0.15) is 0 Å². The summed E-state index contributed by atoms with van der Waals surface area (Å²) in [6, 6.07) is 7.85. The number of nitrogens with zero attached hydrogens (tertiary/aromatic N) is 4. The van der Waals surface area contributed by atoms with E-state index >= 15 is 0 Å². The van der Waals surface area contributed by atoms with Crippen molar-refractivity contribution in [3.05, 3.63) is 46.9 Å². The number of rotatable bonds is 5. The van der Waals surface area contributed by atoms with Crippen molar-refractivity contribution in [1.29, 1.82) is 0 Å². The summed E-state index contributed by atoms with van der Waals surface area (Å²) in [7, 11) is 0. The minimum Gasteiger partial charge on any atom is -0.353 e. The molecule has 1 fully saturated rings. The highest BCUT2D eigenvalue weighted by Gasteiger charge is 2.22. The second kappa shape index (κ2) is 9.03. The smallest absolute Gasteiger partial charge is 0.274 e. The van der Waals surface area contributed by atoms with E-state index in [1.165, 1.54) is 0 Å². The molecule has 0 bridgehead atoms. The summed E-state index contributed by atoms with van der Waals surface area (Å²) in [4.78, 5) is 37.4. The van der Waals surface area contributed by atoms with E-state index in [9.17, 15) is 9.59 Å². The van der Waals surface area contributed by atoms with E-state index in [-0.39, 0.29) is 11.8 Å². The van der Waals surface area contributed by atoms with Gasteiger partial charge in [-0.15, -0.1) is 0 Å². The molecule has 1 aromatic heterocycles. The first-order chi connectivity index (χ1) is 13.9. The van der Waals surface area contributed by atoms with E-state index in [2.05, 4.69) is 34.0 Å². The largest absolute Gasteiger partial charge is 0.353 e. The molecule has 0 spiro atoms. The monoisotopic (exact) mass is 395 g/mol. The maximum atomic E-state index is 13.0. The van der Waals surface area contributed by atoms with Crippen molar-refractivity contribution in [2.75, 3.05) is 36.4 Å². The van der Waals surface area contributed by atoms with E-state index < -0.39 is 0 Å². The summed E-state index contributed by atoms with van der Waals surface area (Å²) < 4.78 is 0. The topological polar surface area (TPSA) is 78.4 Å². The fraction of sp³-hybridized carbons (Fsp3) is 0.455. The molecule has 2 amide bonds. The molecule has 7 heteroatoms. The number of carbonyl (C=O) groups is 2. The number of hydrogen-bond donors (Lipinski definition) is 1. The molecule has 2 aromatic rings. The minimum absolute atomic E-state index is 0.0879. The van der Waals surface area contributed by atoms with Gasteiger partial charge in [0.05, 0.1) is 0 Å². The number of para-hydroxylation sites is 1. The second-order valence-electron chi connectivity index (χ2n) is 7.26. The van der Waals surface area contributed by atoms with Crippen LogP contribution in [0.3, 0.4) is 0 Å². The normalized spacial score (nSPS) is 14.1. The molecular weight excluding hydrogens is 366 g/mol. The van der Waals surface area contributed by atoms with Crippen LogP contribution in [0.2, 0.25) is 0 Å². The van der Waals surface area contributed by atoms with Crippen LogP contribution in [0.5, 0.6) is 0 Å². The molecule has 2 heterocycles. The molecule has 29 heavy (non-hydrogen) atoms. The predicted octanol–water partition coefficient (Wildman–Crippen LogP) is 2.83. The Morgan fingerprint density at radius 3 is 2.21 bits per heavy atom. The molecule has 0 aliphatic carbocycles. The first-order valence-electron chi connectivity index (χ1n) is 10.2. The number of amides is 2. The van der Waals surface area contributed by atoms with Gasteiger partial charge in [0.15, 0.2) is 0 Å². The average molecular weight is 396 g/mol. The lowest BCUT2D eigenvalue weighted by molar-refractivity contribution is -0.129. The van der Waals surface area contributed by atoms with Crippen molar-refractivity contribution < 1.29 is 9.59 Å². The van der Waals surface area contributed by atoms with Crippen molar-refractivity contribution in [2.24, 2.45) is 0 Å². The molecule has 3 rings (SSSR count). The molecule has 1 aliphatic rings. The number of piperazine rings is 1. The number of hydrogen-bond acceptors (Lipinski definition) is 5.